The molecule has 0 aliphatic rings. The van der Waals surface area contributed by atoms with Crippen molar-refractivity contribution in [2.24, 2.45) is 5.10 Å². The Kier molecular flexibility index (Phi) is 4.07. The number of halogens is 2. The lowest BCUT2D eigenvalue weighted by Crippen LogP contribution is -2.20. The number of para-hydroxylation sites is 1. The summed E-state index contributed by atoms with van der Waals surface area (Å²) in [5.41, 5.74) is 0.619. The van der Waals surface area contributed by atoms with Crippen LogP contribution < -0.4 is 5.56 Å². The van der Waals surface area contributed by atoms with Gasteiger partial charge in [0.1, 0.15) is 11.6 Å². The second kappa shape index (κ2) is 6.02. The van der Waals surface area contributed by atoms with E-state index >= 15 is 0 Å². The summed E-state index contributed by atoms with van der Waals surface area (Å²) < 4.78 is 1.16. The van der Waals surface area contributed by atoms with Crippen LogP contribution in [-0.4, -0.2) is 21.0 Å². The van der Waals surface area contributed by atoms with Gasteiger partial charge < -0.3 is 5.11 Å². The molecule has 0 aliphatic carbocycles. The largest absolute Gasteiger partial charge is 0.506 e. The van der Waals surface area contributed by atoms with E-state index in [-0.39, 0.29) is 16.3 Å². The van der Waals surface area contributed by atoms with Crippen molar-refractivity contribution in [2.45, 2.75) is 6.92 Å². The van der Waals surface area contributed by atoms with Crippen molar-refractivity contribution < 1.29 is 5.11 Å². The molecule has 0 atom stereocenters. The van der Waals surface area contributed by atoms with Crippen molar-refractivity contribution in [1.82, 2.24) is 9.66 Å². The molecule has 0 spiro atoms. The van der Waals surface area contributed by atoms with E-state index in [1.165, 1.54) is 18.3 Å². The zero-order valence-corrected chi connectivity index (χ0v) is 13.5. The normalized spacial score (nSPS) is 11.4. The fourth-order valence-corrected chi connectivity index (χ4v) is 2.68. The van der Waals surface area contributed by atoms with E-state index in [1.54, 1.807) is 25.1 Å². The number of benzene rings is 2. The lowest BCUT2D eigenvalue weighted by atomic mass is 10.2. The quantitative estimate of drug-likeness (QED) is 0.720. The molecule has 0 saturated heterocycles. The number of fused-ring (bicyclic) bond motifs is 1. The average Bonchev–Trinajstić information content (AvgIpc) is 2.51. The lowest BCUT2D eigenvalue weighted by molar-refractivity contribution is 0.474. The van der Waals surface area contributed by atoms with Gasteiger partial charge in [0, 0.05) is 10.6 Å². The van der Waals surface area contributed by atoms with Crippen molar-refractivity contribution in [3.63, 3.8) is 0 Å². The minimum atomic E-state index is -0.294. The summed E-state index contributed by atoms with van der Waals surface area (Å²) in [6, 6.07) is 9.95. The van der Waals surface area contributed by atoms with Crippen LogP contribution in [0.2, 0.25) is 10.0 Å². The van der Waals surface area contributed by atoms with Gasteiger partial charge in [0.15, 0.2) is 0 Å². The van der Waals surface area contributed by atoms with Crippen LogP contribution in [0.3, 0.4) is 0 Å². The fourth-order valence-electron chi connectivity index (χ4n) is 2.17. The predicted octanol–water partition coefficient (Wildman–Crippen LogP) is 3.60. The number of phenols is 1. The Labute approximate surface area is 141 Å². The molecule has 1 aromatic heterocycles. The SMILES string of the molecule is Cc1nc2ccccc2c(=O)n1N=Cc1cc(Cl)cc(Cl)c1O. The zero-order valence-electron chi connectivity index (χ0n) is 12.0. The highest BCUT2D eigenvalue weighted by Crippen LogP contribution is 2.30. The van der Waals surface area contributed by atoms with Crippen LogP contribution in [-0.2, 0) is 0 Å². The Morgan fingerprint density at radius 3 is 2.78 bits per heavy atom. The van der Waals surface area contributed by atoms with E-state index in [2.05, 4.69) is 10.1 Å². The molecule has 7 heteroatoms. The van der Waals surface area contributed by atoms with Gasteiger partial charge in [-0.3, -0.25) is 4.79 Å². The van der Waals surface area contributed by atoms with Crippen molar-refractivity contribution >= 4 is 40.3 Å². The molecule has 0 bridgehead atoms. The van der Waals surface area contributed by atoms with Crippen molar-refractivity contribution in [3.8, 4) is 5.75 Å². The molecule has 5 nitrogen and oxygen atoms in total. The highest BCUT2D eigenvalue weighted by molar-refractivity contribution is 6.36. The van der Waals surface area contributed by atoms with Crippen LogP contribution in [0.25, 0.3) is 10.9 Å². The van der Waals surface area contributed by atoms with Crippen LogP contribution in [0.4, 0.5) is 0 Å². The third kappa shape index (κ3) is 2.93. The third-order valence-corrected chi connectivity index (χ3v) is 3.79. The number of nitrogens with zero attached hydrogens (tertiary/aromatic N) is 3. The molecule has 1 N–H and O–H groups in total. The molecule has 0 unspecified atom stereocenters. The van der Waals surface area contributed by atoms with E-state index < -0.39 is 0 Å². The number of hydrogen-bond acceptors (Lipinski definition) is 4. The number of aromatic hydroxyl groups is 1. The van der Waals surface area contributed by atoms with Gasteiger partial charge in [0.05, 0.1) is 22.1 Å². The molecule has 2 aromatic carbocycles. The van der Waals surface area contributed by atoms with Gasteiger partial charge in [-0.05, 0) is 31.2 Å². The van der Waals surface area contributed by atoms with Gasteiger partial charge in [0.2, 0.25) is 0 Å². The monoisotopic (exact) mass is 347 g/mol. The molecule has 0 amide bonds. The molecule has 1 heterocycles. The summed E-state index contributed by atoms with van der Waals surface area (Å²) in [6.07, 6.45) is 1.32. The molecular formula is C16H11Cl2N3O2. The minimum Gasteiger partial charge on any atom is -0.506 e. The van der Waals surface area contributed by atoms with Crippen molar-refractivity contribution in [3.05, 3.63) is 68.2 Å². The number of aryl methyl sites for hydroxylation is 1. The van der Waals surface area contributed by atoms with E-state index in [0.29, 0.717) is 27.3 Å². The Morgan fingerprint density at radius 1 is 1.26 bits per heavy atom. The molecule has 23 heavy (non-hydrogen) atoms. The van der Waals surface area contributed by atoms with Crippen molar-refractivity contribution in [1.29, 1.82) is 0 Å². The second-order valence-corrected chi connectivity index (χ2v) is 5.71. The maximum atomic E-state index is 12.5. The molecule has 3 aromatic rings. The number of hydrogen-bond donors (Lipinski definition) is 1. The van der Waals surface area contributed by atoms with Gasteiger partial charge in [0.25, 0.3) is 5.56 Å². The molecule has 0 saturated carbocycles. The zero-order chi connectivity index (χ0) is 16.6. The average molecular weight is 348 g/mol. The van der Waals surface area contributed by atoms with Crippen LogP contribution >= 0.6 is 23.2 Å². The van der Waals surface area contributed by atoms with Gasteiger partial charge in [-0.25, -0.2) is 4.98 Å². The summed E-state index contributed by atoms with van der Waals surface area (Å²) in [5.74, 6) is 0.275. The first-order valence-electron chi connectivity index (χ1n) is 6.68. The second-order valence-electron chi connectivity index (χ2n) is 4.86. The molecular weight excluding hydrogens is 337 g/mol. The highest BCUT2D eigenvalue weighted by atomic mass is 35.5. The molecule has 3 rings (SSSR count). The number of phenolic OH excluding ortho intramolecular Hbond substituents is 1. The van der Waals surface area contributed by atoms with Crippen LogP contribution in [0.15, 0.2) is 46.3 Å². The maximum absolute atomic E-state index is 12.5. The van der Waals surface area contributed by atoms with E-state index in [4.69, 9.17) is 23.2 Å². The first-order valence-corrected chi connectivity index (χ1v) is 7.43. The van der Waals surface area contributed by atoms with Gasteiger partial charge in [-0.15, -0.1) is 0 Å². The standard InChI is InChI=1S/C16H11Cl2N3O2/c1-9-20-14-5-3-2-4-12(14)16(23)21(9)19-8-10-6-11(17)7-13(18)15(10)22/h2-8,22H,1H3. The molecule has 116 valence electrons. The van der Waals surface area contributed by atoms with Crippen LogP contribution in [0.1, 0.15) is 11.4 Å². The third-order valence-electron chi connectivity index (χ3n) is 3.29. The van der Waals surface area contributed by atoms with Gasteiger partial charge in [-0.2, -0.15) is 9.78 Å². The summed E-state index contributed by atoms with van der Waals surface area (Å²) in [6.45, 7) is 1.68. The van der Waals surface area contributed by atoms with Gasteiger partial charge in [-0.1, -0.05) is 35.3 Å². The van der Waals surface area contributed by atoms with Crippen molar-refractivity contribution in [2.75, 3.05) is 0 Å². The summed E-state index contributed by atoms with van der Waals surface area (Å²) >= 11 is 11.8. The Balaban J connectivity index is 2.14. The first kappa shape index (κ1) is 15.5. The number of rotatable bonds is 2. The topological polar surface area (TPSA) is 67.5 Å². The van der Waals surface area contributed by atoms with E-state index in [0.717, 1.165) is 4.68 Å². The Bertz CT molecular complexity index is 997. The first-order chi connectivity index (χ1) is 11.0. The highest BCUT2D eigenvalue weighted by Gasteiger charge is 2.08. The summed E-state index contributed by atoms with van der Waals surface area (Å²) in [5, 5.41) is 15.0. The lowest BCUT2D eigenvalue weighted by Gasteiger charge is -2.06. The Hall–Kier alpha value is -2.37. The van der Waals surface area contributed by atoms with E-state index in [1.807, 2.05) is 6.07 Å². The predicted molar refractivity (Wildman–Crippen MR) is 91.9 cm³/mol. The Morgan fingerprint density at radius 2 is 2.00 bits per heavy atom. The maximum Gasteiger partial charge on any atom is 0.282 e. The van der Waals surface area contributed by atoms with Crippen LogP contribution in [0, 0.1) is 6.92 Å². The summed E-state index contributed by atoms with van der Waals surface area (Å²) in [7, 11) is 0. The van der Waals surface area contributed by atoms with E-state index in [9.17, 15) is 9.90 Å². The number of aromatic nitrogens is 2. The smallest absolute Gasteiger partial charge is 0.282 e. The van der Waals surface area contributed by atoms with Crippen LogP contribution in [0.5, 0.6) is 5.75 Å². The van der Waals surface area contributed by atoms with Gasteiger partial charge >= 0.3 is 0 Å². The fraction of sp³-hybridized carbons (Fsp3) is 0.0625. The summed E-state index contributed by atoms with van der Waals surface area (Å²) in [4.78, 5) is 16.8. The molecule has 0 fully saturated rings. The molecule has 0 aliphatic heterocycles. The molecule has 0 radical (unpaired) electrons. The minimum absolute atomic E-state index is 0.111.